The van der Waals surface area contributed by atoms with Crippen molar-refractivity contribution in [3.05, 3.63) is 102 Å². The van der Waals surface area contributed by atoms with Crippen LogP contribution in [0.3, 0.4) is 0 Å². The fourth-order valence-electron chi connectivity index (χ4n) is 3.67. The van der Waals surface area contributed by atoms with E-state index in [1.807, 2.05) is 12.1 Å². The summed E-state index contributed by atoms with van der Waals surface area (Å²) < 4.78 is 44.3. The lowest BCUT2D eigenvalue weighted by atomic mass is 10.2. The molecule has 0 aliphatic rings. The van der Waals surface area contributed by atoms with Gasteiger partial charge in [0.25, 0.3) is 0 Å². The van der Waals surface area contributed by atoms with Crippen molar-refractivity contribution < 1.29 is 27.8 Å². The predicted octanol–water partition coefficient (Wildman–Crippen LogP) is 6.98. The fraction of sp³-hybridized carbons (Fsp3) is 0.0714. The third kappa shape index (κ3) is 6.16. The third-order valence-corrected chi connectivity index (χ3v) is 5.92. The number of ether oxygens (including phenoxy) is 3. The summed E-state index contributed by atoms with van der Waals surface area (Å²) in [6.07, 6.45) is 4.73. The van der Waals surface area contributed by atoms with E-state index in [2.05, 4.69) is 25.6 Å². The van der Waals surface area contributed by atoms with E-state index in [1.54, 1.807) is 30.6 Å². The molecule has 40 heavy (non-hydrogen) atoms. The summed E-state index contributed by atoms with van der Waals surface area (Å²) in [5.41, 5.74) is 1.55. The van der Waals surface area contributed by atoms with Gasteiger partial charge in [0.15, 0.2) is 11.5 Å². The summed E-state index contributed by atoms with van der Waals surface area (Å²) >= 11 is 6.35. The predicted molar refractivity (Wildman–Crippen MR) is 145 cm³/mol. The second-order valence-corrected chi connectivity index (χ2v) is 8.70. The van der Waals surface area contributed by atoms with Crippen molar-refractivity contribution in [3.8, 4) is 23.1 Å². The van der Waals surface area contributed by atoms with E-state index in [-0.39, 0.29) is 22.3 Å². The van der Waals surface area contributed by atoms with Crippen LogP contribution in [0.15, 0.2) is 79.4 Å². The molecule has 2 heterocycles. The summed E-state index contributed by atoms with van der Waals surface area (Å²) in [5, 5.41) is 5.52. The van der Waals surface area contributed by atoms with Crippen molar-refractivity contribution in [2.24, 2.45) is 0 Å². The van der Waals surface area contributed by atoms with Gasteiger partial charge < -0.3 is 24.8 Å². The zero-order chi connectivity index (χ0) is 28.1. The van der Waals surface area contributed by atoms with Crippen LogP contribution in [0.1, 0.15) is 5.56 Å². The van der Waals surface area contributed by atoms with Crippen molar-refractivity contribution in [1.82, 2.24) is 15.0 Å². The molecule has 202 valence electrons. The lowest BCUT2D eigenvalue weighted by molar-refractivity contribution is 0.262. The van der Waals surface area contributed by atoms with E-state index in [9.17, 15) is 13.6 Å². The normalized spacial score (nSPS) is 10.7. The van der Waals surface area contributed by atoms with E-state index >= 15 is 0 Å². The van der Waals surface area contributed by atoms with Crippen LogP contribution in [-0.4, -0.2) is 28.1 Å². The van der Waals surface area contributed by atoms with Crippen LogP contribution in [0.2, 0.25) is 5.02 Å². The number of benzene rings is 3. The highest BCUT2D eigenvalue weighted by Gasteiger charge is 2.15. The number of carbonyl (C=O) groups excluding carboxylic acids is 1. The van der Waals surface area contributed by atoms with Crippen LogP contribution in [0.5, 0.6) is 23.1 Å². The smallest absolute Gasteiger partial charge is 0.323 e. The van der Waals surface area contributed by atoms with Crippen LogP contribution in [0.4, 0.5) is 25.0 Å². The second kappa shape index (κ2) is 11.8. The van der Waals surface area contributed by atoms with Crippen molar-refractivity contribution in [1.29, 1.82) is 0 Å². The van der Waals surface area contributed by atoms with Crippen molar-refractivity contribution in [3.63, 3.8) is 0 Å². The largest absolute Gasteiger partial charge is 0.493 e. The zero-order valence-corrected chi connectivity index (χ0v) is 21.6. The maximum Gasteiger partial charge on any atom is 0.323 e. The van der Waals surface area contributed by atoms with Crippen molar-refractivity contribution in [2.45, 2.75) is 6.61 Å². The standard InChI is InChI=1S/C28H20ClF2N5O4/c1-38-25-12-19-24(13-26(25)39-14-16-6-8-32-9-7-16)33-15-34-27(19)40-18-3-5-22(20(29)11-18)35-28(37)36-23-4-2-17(30)10-21(23)31/h2-13,15H,14H2,1H3,(H2,35,36,37). The quantitative estimate of drug-likeness (QED) is 0.210. The SMILES string of the molecule is COc1cc2c(Oc3ccc(NC(=O)Nc4ccc(F)cc4F)c(Cl)c3)ncnc2cc1OCc1ccncc1. The van der Waals surface area contributed by atoms with Gasteiger partial charge in [-0.2, -0.15) is 0 Å². The molecular formula is C28H20ClF2N5O4. The molecule has 0 radical (unpaired) electrons. The van der Waals surface area contributed by atoms with Gasteiger partial charge in [-0.1, -0.05) is 11.6 Å². The Morgan fingerprint density at radius 2 is 1.70 bits per heavy atom. The Hall–Kier alpha value is -5.03. The molecule has 5 aromatic rings. The van der Waals surface area contributed by atoms with Crippen LogP contribution >= 0.6 is 11.6 Å². The molecule has 5 rings (SSSR count). The molecule has 2 aromatic heterocycles. The number of urea groups is 1. The van der Waals surface area contributed by atoms with Crippen LogP contribution in [0.25, 0.3) is 10.9 Å². The molecule has 0 fully saturated rings. The Balaban J connectivity index is 1.31. The number of fused-ring (bicyclic) bond motifs is 1. The van der Waals surface area contributed by atoms with Gasteiger partial charge in [-0.15, -0.1) is 0 Å². The van der Waals surface area contributed by atoms with Gasteiger partial charge in [0.1, 0.15) is 30.3 Å². The van der Waals surface area contributed by atoms with E-state index < -0.39 is 17.7 Å². The number of nitrogens with one attached hydrogen (secondary N) is 2. The molecule has 0 atom stereocenters. The molecule has 2 N–H and O–H groups in total. The molecule has 0 saturated carbocycles. The van der Waals surface area contributed by atoms with Crippen molar-refractivity contribution >= 4 is 39.9 Å². The first-order valence-corrected chi connectivity index (χ1v) is 12.1. The molecule has 0 aliphatic carbocycles. The molecule has 2 amide bonds. The Morgan fingerprint density at radius 3 is 2.45 bits per heavy atom. The van der Waals surface area contributed by atoms with Crippen LogP contribution < -0.4 is 24.8 Å². The Morgan fingerprint density at radius 1 is 0.925 bits per heavy atom. The van der Waals surface area contributed by atoms with E-state index in [4.69, 9.17) is 25.8 Å². The van der Waals surface area contributed by atoms with Gasteiger partial charge in [0.05, 0.1) is 34.4 Å². The summed E-state index contributed by atoms with van der Waals surface area (Å²) in [6.45, 7) is 0.314. The number of halogens is 3. The van der Waals surface area contributed by atoms with Gasteiger partial charge in [-0.05, 0) is 48.0 Å². The van der Waals surface area contributed by atoms with Crippen LogP contribution in [-0.2, 0) is 6.61 Å². The Kier molecular flexibility index (Phi) is 7.83. The molecule has 0 saturated heterocycles. The number of carbonyl (C=O) groups is 1. The van der Waals surface area contributed by atoms with Crippen molar-refractivity contribution in [2.75, 3.05) is 17.7 Å². The first kappa shape index (κ1) is 26.6. The number of pyridine rings is 1. The molecule has 0 aliphatic heterocycles. The molecular weight excluding hydrogens is 544 g/mol. The number of hydrogen-bond acceptors (Lipinski definition) is 7. The molecule has 0 unspecified atom stereocenters. The minimum atomic E-state index is -0.911. The molecule has 3 aromatic carbocycles. The molecule has 12 heteroatoms. The number of anilines is 2. The number of aromatic nitrogens is 3. The minimum Gasteiger partial charge on any atom is -0.493 e. The molecule has 0 bridgehead atoms. The first-order valence-electron chi connectivity index (χ1n) is 11.7. The number of amides is 2. The maximum atomic E-state index is 13.8. The average molecular weight is 564 g/mol. The van der Waals surface area contributed by atoms with Gasteiger partial charge >= 0.3 is 6.03 Å². The topological polar surface area (TPSA) is 107 Å². The minimum absolute atomic E-state index is 0.148. The van der Waals surface area contributed by atoms with Crippen LogP contribution in [0, 0.1) is 11.6 Å². The van der Waals surface area contributed by atoms with Gasteiger partial charge in [0.2, 0.25) is 5.88 Å². The number of rotatable bonds is 8. The van der Waals surface area contributed by atoms with E-state index in [0.717, 1.165) is 17.7 Å². The molecule has 0 spiro atoms. The number of methoxy groups -OCH3 is 1. The number of nitrogens with zero attached hydrogens (tertiary/aromatic N) is 3. The third-order valence-electron chi connectivity index (χ3n) is 5.61. The zero-order valence-electron chi connectivity index (χ0n) is 20.8. The lowest BCUT2D eigenvalue weighted by Crippen LogP contribution is -2.20. The Labute approximate surface area is 231 Å². The highest BCUT2D eigenvalue weighted by Crippen LogP contribution is 2.37. The highest BCUT2D eigenvalue weighted by atomic mass is 35.5. The van der Waals surface area contributed by atoms with Gasteiger partial charge in [-0.3, -0.25) is 4.98 Å². The Bertz CT molecular complexity index is 1690. The van der Waals surface area contributed by atoms with Gasteiger partial charge in [0, 0.05) is 30.6 Å². The fourth-order valence-corrected chi connectivity index (χ4v) is 3.89. The average Bonchev–Trinajstić information content (AvgIpc) is 2.95. The summed E-state index contributed by atoms with van der Waals surface area (Å²) in [4.78, 5) is 24.9. The monoisotopic (exact) mass is 563 g/mol. The summed E-state index contributed by atoms with van der Waals surface area (Å²) in [6, 6.07) is 13.7. The second-order valence-electron chi connectivity index (χ2n) is 8.29. The maximum absolute atomic E-state index is 13.8. The lowest BCUT2D eigenvalue weighted by Gasteiger charge is -2.14. The van der Waals surface area contributed by atoms with E-state index in [1.165, 1.54) is 25.6 Å². The molecule has 9 nitrogen and oxygen atoms in total. The summed E-state index contributed by atoms with van der Waals surface area (Å²) in [5.74, 6) is -0.142. The highest BCUT2D eigenvalue weighted by molar-refractivity contribution is 6.34. The number of hydrogen-bond donors (Lipinski definition) is 2. The summed E-state index contributed by atoms with van der Waals surface area (Å²) in [7, 11) is 1.52. The van der Waals surface area contributed by atoms with Gasteiger partial charge in [-0.25, -0.2) is 23.5 Å². The van der Waals surface area contributed by atoms with E-state index in [0.29, 0.717) is 40.8 Å². The first-order chi connectivity index (χ1) is 19.4.